The fourth-order valence-corrected chi connectivity index (χ4v) is 1.31. The maximum absolute atomic E-state index is 5.46. The van der Waals surface area contributed by atoms with Crippen molar-refractivity contribution < 1.29 is 0 Å². The van der Waals surface area contributed by atoms with Crippen molar-refractivity contribution in [2.24, 2.45) is 0 Å². The number of aromatic nitrogens is 1. The Labute approximate surface area is 71.6 Å². The first-order valence-corrected chi connectivity index (χ1v) is 4.01. The van der Waals surface area contributed by atoms with Crippen molar-refractivity contribution in [3.8, 4) is 0 Å². The van der Waals surface area contributed by atoms with E-state index in [9.17, 15) is 0 Å². The molecule has 1 heterocycles. The van der Waals surface area contributed by atoms with Gasteiger partial charge in [0.1, 0.15) is 11.2 Å². The molecule has 0 spiro atoms. The summed E-state index contributed by atoms with van der Waals surface area (Å²) in [5.41, 5.74) is 0. The van der Waals surface area contributed by atoms with Gasteiger partial charge in [0, 0.05) is 5.38 Å². The molecule has 0 amide bonds. The van der Waals surface area contributed by atoms with Gasteiger partial charge in [-0.05, 0) is 0 Å². The highest BCUT2D eigenvalue weighted by Gasteiger charge is 2.25. The highest BCUT2D eigenvalue weighted by Crippen LogP contribution is 2.38. The minimum Gasteiger partial charge on any atom is -0.235 e. The zero-order valence-corrected chi connectivity index (χ0v) is 7.15. The predicted molar refractivity (Wildman–Crippen MR) is 40.2 cm³/mol. The minimum atomic E-state index is -1.38. The first-order chi connectivity index (χ1) is 4.11. The minimum absolute atomic E-state index is 0.451. The molecule has 1 aromatic heterocycles. The van der Waals surface area contributed by atoms with Gasteiger partial charge in [-0.25, -0.2) is 4.98 Å². The van der Waals surface area contributed by atoms with Crippen molar-refractivity contribution in [3.05, 3.63) is 16.6 Å². The van der Waals surface area contributed by atoms with Gasteiger partial charge < -0.3 is 0 Å². The van der Waals surface area contributed by atoms with E-state index in [-0.39, 0.29) is 0 Å². The van der Waals surface area contributed by atoms with Crippen LogP contribution in [-0.2, 0) is 3.79 Å². The molecule has 0 aliphatic carbocycles. The van der Waals surface area contributed by atoms with E-state index in [1.54, 1.807) is 5.38 Å². The highest BCUT2D eigenvalue weighted by atomic mass is 35.6. The van der Waals surface area contributed by atoms with Gasteiger partial charge in [-0.1, -0.05) is 34.8 Å². The van der Waals surface area contributed by atoms with Gasteiger partial charge in [-0.15, -0.1) is 11.3 Å². The summed E-state index contributed by atoms with van der Waals surface area (Å²) in [6, 6.07) is 0. The second-order valence-corrected chi connectivity index (χ2v) is 4.42. The zero-order chi connectivity index (χ0) is 6.91. The SMILES string of the molecule is ClC(Cl)(Cl)c1n[c]cs1. The summed E-state index contributed by atoms with van der Waals surface area (Å²) in [4.78, 5) is 3.69. The third-order valence-corrected chi connectivity index (χ3v) is 2.35. The van der Waals surface area contributed by atoms with E-state index in [4.69, 9.17) is 34.8 Å². The number of halogens is 3. The molecule has 49 valence electrons. The van der Waals surface area contributed by atoms with Crippen molar-refractivity contribution in [2.75, 3.05) is 0 Å². The highest BCUT2D eigenvalue weighted by molar-refractivity contribution is 7.11. The Morgan fingerprint density at radius 2 is 2.22 bits per heavy atom. The molecule has 0 atom stereocenters. The predicted octanol–water partition coefficient (Wildman–Crippen LogP) is 2.77. The van der Waals surface area contributed by atoms with Crippen LogP contribution in [0.15, 0.2) is 5.38 Å². The van der Waals surface area contributed by atoms with Gasteiger partial charge in [-0.3, -0.25) is 0 Å². The monoisotopic (exact) mass is 200 g/mol. The molecule has 1 aromatic rings. The van der Waals surface area contributed by atoms with Crippen LogP contribution in [0.25, 0.3) is 0 Å². The van der Waals surface area contributed by atoms with Crippen LogP contribution in [-0.4, -0.2) is 4.98 Å². The summed E-state index contributed by atoms with van der Waals surface area (Å²) in [6.07, 6.45) is 2.55. The molecule has 0 aromatic carbocycles. The van der Waals surface area contributed by atoms with Crippen LogP contribution >= 0.6 is 46.1 Å². The van der Waals surface area contributed by atoms with Gasteiger partial charge in [-0.2, -0.15) is 0 Å². The number of rotatable bonds is 0. The first kappa shape index (κ1) is 7.61. The Morgan fingerprint density at radius 1 is 1.56 bits per heavy atom. The van der Waals surface area contributed by atoms with Crippen molar-refractivity contribution >= 4 is 46.1 Å². The van der Waals surface area contributed by atoms with Crippen LogP contribution in [0.2, 0.25) is 0 Å². The van der Waals surface area contributed by atoms with E-state index in [2.05, 4.69) is 11.2 Å². The number of nitrogens with zero attached hydrogens (tertiary/aromatic N) is 1. The first-order valence-electron chi connectivity index (χ1n) is 1.99. The van der Waals surface area contributed by atoms with Crippen LogP contribution in [0.1, 0.15) is 5.01 Å². The fraction of sp³-hybridized carbons (Fsp3) is 0.250. The lowest BCUT2D eigenvalue weighted by atomic mass is 10.8. The van der Waals surface area contributed by atoms with Crippen molar-refractivity contribution in [1.82, 2.24) is 4.98 Å². The third-order valence-electron chi connectivity index (χ3n) is 0.632. The summed E-state index contributed by atoms with van der Waals surface area (Å²) in [5.74, 6) is 0. The van der Waals surface area contributed by atoms with Crippen LogP contribution in [0.5, 0.6) is 0 Å². The number of hydrogen-bond acceptors (Lipinski definition) is 2. The molecule has 0 N–H and O–H groups in total. The Hall–Kier alpha value is 0.500. The molecule has 1 radical (unpaired) electrons. The maximum Gasteiger partial charge on any atom is 0.242 e. The van der Waals surface area contributed by atoms with Crippen LogP contribution < -0.4 is 0 Å². The standard InChI is InChI=1S/C4HCl3NS/c5-4(6,7)3-8-1-2-9-3/h2H. The second-order valence-electron chi connectivity index (χ2n) is 1.28. The second kappa shape index (κ2) is 2.62. The molecule has 0 saturated heterocycles. The Morgan fingerprint density at radius 3 is 2.44 bits per heavy atom. The molecular formula is C4HCl3NS. The smallest absolute Gasteiger partial charge is 0.235 e. The molecule has 0 saturated carbocycles. The van der Waals surface area contributed by atoms with Crippen molar-refractivity contribution in [1.29, 1.82) is 0 Å². The topological polar surface area (TPSA) is 12.9 Å². The molecular weight excluding hydrogens is 200 g/mol. The lowest BCUT2D eigenvalue weighted by Crippen LogP contribution is -1.97. The lowest BCUT2D eigenvalue weighted by molar-refractivity contribution is 1.16. The van der Waals surface area contributed by atoms with Crippen molar-refractivity contribution in [3.63, 3.8) is 0 Å². The van der Waals surface area contributed by atoms with Crippen molar-refractivity contribution in [2.45, 2.75) is 3.79 Å². The van der Waals surface area contributed by atoms with Crippen LogP contribution in [0.3, 0.4) is 0 Å². The lowest BCUT2D eigenvalue weighted by Gasteiger charge is -2.03. The summed E-state index contributed by atoms with van der Waals surface area (Å²) in [7, 11) is 0. The van der Waals surface area contributed by atoms with E-state index in [0.717, 1.165) is 0 Å². The number of hydrogen-bond donors (Lipinski definition) is 0. The van der Waals surface area contributed by atoms with E-state index >= 15 is 0 Å². The summed E-state index contributed by atoms with van der Waals surface area (Å²) >= 11 is 17.6. The number of alkyl halides is 3. The van der Waals surface area contributed by atoms with Gasteiger partial charge in [0.2, 0.25) is 3.79 Å². The molecule has 0 aliphatic rings. The quantitative estimate of drug-likeness (QED) is 0.588. The average molecular weight is 201 g/mol. The van der Waals surface area contributed by atoms with E-state index in [1.165, 1.54) is 11.3 Å². The van der Waals surface area contributed by atoms with Gasteiger partial charge in [0.05, 0.1) is 0 Å². The van der Waals surface area contributed by atoms with E-state index in [1.807, 2.05) is 0 Å². The molecule has 0 fully saturated rings. The van der Waals surface area contributed by atoms with Gasteiger partial charge >= 0.3 is 0 Å². The number of thiazole rings is 1. The van der Waals surface area contributed by atoms with Gasteiger partial charge in [0.15, 0.2) is 0 Å². The summed E-state index contributed by atoms with van der Waals surface area (Å²) in [5, 5.41) is 2.09. The van der Waals surface area contributed by atoms with E-state index in [0.29, 0.717) is 5.01 Å². The molecule has 1 nitrogen and oxygen atoms in total. The molecule has 1 rings (SSSR count). The zero-order valence-electron chi connectivity index (χ0n) is 4.07. The Bertz CT molecular complexity index is 178. The molecule has 0 bridgehead atoms. The largest absolute Gasteiger partial charge is 0.242 e. The average Bonchev–Trinajstić information content (AvgIpc) is 2.08. The summed E-state index contributed by atoms with van der Waals surface area (Å²) in [6.45, 7) is 0. The van der Waals surface area contributed by atoms with Gasteiger partial charge in [0.25, 0.3) is 0 Å². The Kier molecular flexibility index (Phi) is 2.22. The summed E-state index contributed by atoms with van der Waals surface area (Å²) < 4.78 is -1.38. The Balaban J connectivity index is 2.90. The fourth-order valence-electron chi connectivity index (χ4n) is 0.324. The van der Waals surface area contributed by atoms with Crippen LogP contribution in [0, 0.1) is 6.20 Å². The molecule has 9 heavy (non-hydrogen) atoms. The molecule has 0 unspecified atom stereocenters. The van der Waals surface area contributed by atoms with E-state index < -0.39 is 3.79 Å². The molecule has 5 heteroatoms. The molecule has 0 aliphatic heterocycles. The van der Waals surface area contributed by atoms with Crippen LogP contribution in [0.4, 0.5) is 0 Å². The normalized spacial score (nSPS) is 11.9. The maximum atomic E-state index is 5.46. The third kappa shape index (κ3) is 1.97.